The van der Waals surface area contributed by atoms with Crippen LogP contribution < -0.4 is 0 Å². The fourth-order valence-corrected chi connectivity index (χ4v) is 2.18. The van der Waals surface area contributed by atoms with E-state index in [4.69, 9.17) is 4.98 Å². The van der Waals surface area contributed by atoms with Gasteiger partial charge in [-0.15, -0.1) is 0 Å². The Kier molecular flexibility index (Phi) is 3.25. The molecule has 3 heteroatoms. The standard InChI is InChI=1S/C17H15N3/c1-12-6-5-11-19-16(12)15-9-8-13(2)17(20-15)14-7-3-4-10-18-14/h3-11H,1-2H3. The summed E-state index contributed by atoms with van der Waals surface area (Å²) in [5.74, 6) is 0. The zero-order valence-electron chi connectivity index (χ0n) is 11.5. The minimum atomic E-state index is 0.884. The summed E-state index contributed by atoms with van der Waals surface area (Å²) in [5, 5.41) is 0. The summed E-state index contributed by atoms with van der Waals surface area (Å²) in [4.78, 5) is 13.6. The first kappa shape index (κ1) is 12.5. The lowest BCUT2D eigenvalue weighted by atomic mass is 10.1. The van der Waals surface area contributed by atoms with Crippen LogP contribution in [0.5, 0.6) is 0 Å². The molecule has 0 aliphatic rings. The van der Waals surface area contributed by atoms with Crippen molar-refractivity contribution in [3.05, 3.63) is 66.0 Å². The Morgan fingerprint density at radius 2 is 1.45 bits per heavy atom. The quantitative estimate of drug-likeness (QED) is 0.704. The van der Waals surface area contributed by atoms with Gasteiger partial charge in [0.2, 0.25) is 0 Å². The number of aromatic nitrogens is 3. The third kappa shape index (κ3) is 2.30. The number of rotatable bonds is 2. The van der Waals surface area contributed by atoms with E-state index in [2.05, 4.69) is 16.0 Å². The predicted molar refractivity (Wildman–Crippen MR) is 80.2 cm³/mol. The highest BCUT2D eigenvalue weighted by Gasteiger charge is 2.09. The molecular formula is C17H15N3. The van der Waals surface area contributed by atoms with Crippen LogP contribution in [0.2, 0.25) is 0 Å². The van der Waals surface area contributed by atoms with Crippen molar-refractivity contribution in [2.45, 2.75) is 13.8 Å². The van der Waals surface area contributed by atoms with Crippen LogP contribution in [0, 0.1) is 13.8 Å². The van der Waals surface area contributed by atoms with Crippen LogP contribution in [-0.4, -0.2) is 15.0 Å². The maximum absolute atomic E-state index is 4.75. The number of aryl methyl sites for hydroxylation is 2. The third-order valence-corrected chi connectivity index (χ3v) is 3.26. The van der Waals surface area contributed by atoms with Gasteiger partial charge in [0, 0.05) is 12.4 Å². The Labute approximate surface area is 118 Å². The van der Waals surface area contributed by atoms with Crippen LogP contribution in [0.15, 0.2) is 54.9 Å². The molecule has 0 radical (unpaired) electrons. The summed E-state index contributed by atoms with van der Waals surface area (Å²) in [7, 11) is 0. The van der Waals surface area contributed by atoms with Crippen molar-refractivity contribution in [1.29, 1.82) is 0 Å². The summed E-state index contributed by atoms with van der Waals surface area (Å²) in [6.07, 6.45) is 3.58. The van der Waals surface area contributed by atoms with Gasteiger partial charge in [-0.25, -0.2) is 4.98 Å². The second kappa shape index (κ2) is 5.21. The second-order valence-corrected chi connectivity index (χ2v) is 4.75. The molecule has 3 heterocycles. The molecule has 0 saturated heterocycles. The third-order valence-electron chi connectivity index (χ3n) is 3.26. The Morgan fingerprint density at radius 3 is 2.20 bits per heavy atom. The zero-order valence-corrected chi connectivity index (χ0v) is 11.5. The highest BCUT2D eigenvalue weighted by Crippen LogP contribution is 2.24. The molecule has 0 aliphatic heterocycles. The van der Waals surface area contributed by atoms with Crippen LogP contribution in [0.25, 0.3) is 22.8 Å². The van der Waals surface area contributed by atoms with Crippen LogP contribution in [0.1, 0.15) is 11.1 Å². The van der Waals surface area contributed by atoms with Crippen molar-refractivity contribution in [3.63, 3.8) is 0 Å². The summed E-state index contributed by atoms with van der Waals surface area (Å²) in [6, 6.07) is 13.9. The highest BCUT2D eigenvalue weighted by molar-refractivity contribution is 5.66. The maximum atomic E-state index is 4.75. The first-order chi connectivity index (χ1) is 9.75. The highest BCUT2D eigenvalue weighted by atomic mass is 14.8. The first-order valence-electron chi connectivity index (χ1n) is 6.57. The molecule has 0 unspecified atom stereocenters. The van der Waals surface area contributed by atoms with Gasteiger partial charge in [0.05, 0.1) is 22.8 Å². The second-order valence-electron chi connectivity index (χ2n) is 4.75. The lowest BCUT2D eigenvalue weighted by Gasteiger charge is -2.08. The summed E-state index contributed by atoms with van der Waals surface area (Å²) >= 11 is 0. The van der Waals surface area contributed by atoms with E-state index in [0.29, 0.717) is 0 Å². The lowest BCUT2D eigenvalue weighted by molar-refractivity contribution is 1.18. The Morgan fingerprint density at radius 1 is 0.650 bits per heavy atom. The van der Waals surface area contributed by atoms with E-state index in [9.17, 15) is 0 Å². The van der Waals surface area contributed by atoms with E-state index >= 15 is 0 Å². The molecule has 3 nitrogen and oxygen atoms in total. The zero-order chi connectivity index (χ0) is 13.9. The number of nitrogens with zero attached hydrogens (tertiary/aromatic N) is 3. The first-order valence-corrected chi connectivity index (χ1v) is 6.57. The fourth-order valence-electron chi connectivity index (χ4n) is 2.18. The molecule has 3 aromatic heterocycles. The van der Waals surface area contributed by atoms with Crippen molar-refractivity contribution in [1.82, 2.24) is 15.0 Å². The Balaban J connectivity index is 2.15. The summed E-state index contributed by atoms with van der Waals surface area (Å²) in [5.41, 5.74) is 5.84. The van der Waals surface area contributed by atoms with Gasteiger partial charge in [0.25, 0.3) is 0 Å². The number of hydrogen-bond donors (Lipinski definition) is 0. The number of pyridine rings is 3. The van der Waals surface area contributed by atoms with Crippen LogP contribution >= 0.6 is 0 Å². The fraction of sp³-hybridized carbons (Fsp3) is 0.118. The Hall–Kier alpha value is -2.55. The van der Waals surface area contributed by atoms with E-state index < -0.39 is 0 Å². The van der Waals surface area contributed by atoms with Gasteiger partial charge < -0.3 is 0 Å². The van der Waals surface area contributed by atoms with Gasteiger partial charge >= 0.3 is 0 Å². The summed E-state index contributed by atoms with van der Waals surface area (Å²) in [6.45, 7) is 4.09. The molecule has 98 valence electrons. The van der Waals surface area contributed by atoms with E-state index in [1.54, 1.807) is 12.4 Å². The summed E-state index contributed by atoms with van der Waals surface area (Å²) < 4.78 is 0. The van der Waals surface area contributed by atoms with E-state index in [1.807, 2.05) is 50.2 Å². The topological polar surface area (TPSA) is 38.7 Å². The molecule has 3 aromatic rings. The van der Waals surface area contributed by atoms with Crippen molar-refractivity contribution in [2.75, 3.05) is 0 Å². The van der Waals surface area contributed by atoms with Gasteiger partial charge in [-0.2, -0.15) is 0 Å². The largest absolute Gasteiger partial charge is 0.255 e. The molecular weight excluding hydrogens is 246 g/mol. The molecule has 0 N–H and O–H groups in total. The molecule has 0 aromatic carbocycles. The smallest absolute Gasteiger partial charge is 0.0923 e. The van der Waals surface area contributed by atoms with Crippen LogP contribution in [-0.2, 0) is 0 Å². The normalized spacial score (nSPS) is 10.5. The Bertz CT molecular complexity index is 736. The minimum absolute atomic E-state index is 0.884. The molecule has 0 spiro atoms. The van der Waals surface area contributed by atoms with Gasteiger partial charge in [-0.3, -0.25) is 9.97 Å². The molecule has 0 atom stereocenters. The molecule has 3 rings (SSSR count). The van der Waals surface area contributed by atoms with E-state index in [1.165, 1.54) is 0 Å². The minimum Gasteiger partial charge on any atom is -0.255 e. The van der Waals surface area contributed by atoms with E-state index in [-0.39, 0.29) is 0 Å². The van der Waals surface area contributed by atoms with Gasteiger partial charge in [0.1, 0.15) is 0 Å². The predicted octanol–water partition coefficient (Wildman–Crippen LogP) is 3.82. The molecule has 0 saturated carbocycles. The van der Waals surface area contributed by atoms with Crippen LogP contribution in [0.3, 0.4) is 0 Å². The maximum Gasteiger partial charge on any atom is 0.0923 e. The molecule has 20 heavy (non-hydrogen) atoms. The van der Waals surface area contributed by atoms with Gasteiger partial charge in [-0.05, 0) is 49.2 Å². The average Bonchev–Trinajstić information content (AvgIpc) is 2.49. The molecule has 0 aliphatic carbocycles. The molecule has 0 bridgehead atoms. The molecule has 0 amide bonds. The van der Waals surface area contributed by atoms with E-state index in [0.717, 1.165) is 33.9 Å². The monoisotopic (exact) mass is 261 g/mol. The van der Waals surface area contributed by atoms with Gasteiger partial charge in [-0.1, -0.05) is 18.2 Å². The number of hydrogen-bond acceptors (Lipinski definition) is 3. The lowest BCUT2D eigenvalue weighted by Crippen LogP contribution is -1.96. The molecule has 0 fully saturated rings. The average molecular weight is 261 g/mol. The van der Waals surface area contributed by atoms with Crippen LogP contribution in [0.4, 0.5) is 0 Å². The van der Waals surface area contributed by atoms with Crippen molar-refractivity contribution < 1.29 is 0 Å². The van der Waals surface area contributed by atoms with Crippen molar-refractivity contribution in [2.24, 2.45) is 0 Å². The SMILES string of the molecule is Cc1cccnc1-c1ccc(C)c(-c2ccccn2)n1. The van der Waals surface area contributed by atoms with Gasteiger partial charge in [0.15, 0.2) is 0 Å². The van der Waals surface area contributed by atoms with Crippen molar-refractivity contribution >= 4 is 0 Å². The van der Waals surface area contributed by atoms with Crippen molar-refractivity contribution in [3.8, 4) is 22.8 Å².